The van der Waals surface area contributed by atoms with E-state index in [9.17, 15) is 28.8 Å². The molecule has 0 radical (unpaired) electrons. The molecule has 0 aromatic heterocycles. The first-order valence-corrected chi connectivity index (χ1v) is 9.72. The Morgan fingerprint density at radius 2 is 1.59 bits per heavy atom. The predicted octanol–water partition coefficient (Wildman–Crippen LogP) is -3.41. The average molecular weight is 435 g/mol. The van der Waals surface area contributed by atoms with Crippen molar-refractivity contribution in [2.75, 3.05) is 18.6 Å². The van der Waals surface area contributed by atoms with E-state index in [-0.39, 0.29) is 0 Å². The number of hydrogen-bond acceptors (Lipinski definition) is 8. The van der Waals surface area contributed by atoms with Crippen molar-refractivity contribution in [3.8, 4) is 0 Å². The summed E-state index contributed by atoms with van der Waals surface area (Å²) in [5.74, 6) is -5.88. The van der Waals surface area contributed by atoms with Gasteiger partial charge in [0.05, 0.1) is 25.4 Å². The number of carboxylic acids is 2. The highest BCUT2D eigenvalue weighted by molar-refractivity contribution is 7.98. The van der Waals surface area contributed by atoms with E-state index in [0.29, 0.717) is 12.2 Å². The van der Waals surface area contributed by atoms with Crippen LogP contribution >= 0.6 is 11.8 Å². The Kier molecular flexibility index (Phi) is 12.0. The number of primary amides is 1. The third kappa shape index (κ3) is 11.5. The van der Waals surface area contributed by atoms with Crippen LogP contribution in [0.15, 0.2) is 0 Å². The maximum atomic E-state index is 12.2. The molecule has 4 amide bonds. The van der Waals surface area contributed by atoms with Crippen LogP contribution in [-0.2, 0) is 28.8 Å². The number of carbonyl (C=O) groups is 6. The summed E-state index contributed by atoms with van der Waals surface area (Å²) in [6, 6.07) is -3.99. The first-order chi connectivity index (χ1) is 13.5. The Morgan fingerprint density at radius 1 is 0.966 bits per heavy atom. The van der Waals surface area contributed by atoms with E-state index in [1.54, 1.807) is 0 Å². The Bertz CT molecular complexity index is 644. The molecule has 0 aliphatic carbocycles. The van der Waals surface area contributed by atoms with Gasteiger partial charge in [0.25, 0.3) is 0 Å². The van der Waals surface area contributed by atoms with Crippen molar-refractivity contribution in [2.45, 2.75) is 37.4 Å². The lowest BCUT2D eigenvalue weighted by Crippen LogP contribution is -2.54. The minimum Gasteiger partial charge on any atom is -0.481 e. The molecule has 0 aromatic rings. The highest BCUT2D eigenvalue weighted by atomic mass is 32.2. The number of nitrogens with two attached hydrogens (primary N) is 2. The van der Waals surface area contributed by atoms with Crippen LogP contribution < -0.4 is 27.4 Å². The van der Waals surface area contributed by atoms with Crippen LogP contribution in [-0.4, -0.2) is 82.5 Å². The molecule has 0 aromatic carbocycles. The highest BCUT2D eigenvalue weighted by Crippen LogP contribution is 2.00. The molecule has 3 atom stereocenters. The van der Waals surface area contributed by atoms with Gasteiger partial charge < -0.3 is 37.6 Å². The van der Waals surface area contributed by atoms with Crippen molar-refractivity contribution < 1.29 is 39.0 Å². The number of amides is 4. The largest absolute Gasteiger partial charge is 0.481 e. The third-order valence-corrected chi connectivity index (χ3v) is 4.09. The van der Waals surface area contributed by atoms with Crippen molar-refractivity contribution in [2.24, 2.45) is 11.5 Å². The lowest BCUT2D eigenvalue weighted by Gasteiger charge is -2.20. The molecule has 164 valence electrons. The monoisotopic (exact) mass is 435 g/mol. The maximum Gasteiger partial charge on any atom is 0.326 e. The van der Waals surface area contributed by atoms with Gasteiger partial charge in [-0.25, -0.2) is 4.79 Å². The molecule has 13 nitrogen and oxygen atoms in total. The van der Waals surface area contributed by atoms with Gasteiger partial charge in [0.15, 0.2) is 0 Å². The molecule has 0 fully saturated rings. The van der Waals surface area contributed by atoms with Crippen molar-refractivity contribution in [1.29, 1.82) is 0 Å². The summed E-state index contributed by atoms with van der Waals surface area (Å²) in [5.41, 5.74) is 10.7. The molecule has 0 aliphatic rings. The van der Waals surface area contributed by atoms with Crippen LogP contribution in [0.4, 0.5) is 0 Å². The summed E-state index contributed by atoms with van der Waals surface area (Å²) in [4.78, 5) is 68.6. The Labute approximate surface area is 170 Å². The summed E-state index contributed by atoms with van der Waals surface area (Å²) >= 11 is 1.47. The van der Waals surface area contributed by atoms with Crippen molar-refractivity contribution in [3.05, 3.63) is 0 Å². The minimum absolute atomic E-state index is 0.334. The number of hydrogen-bond donors (Lipinski definition) is 7. The maximum absolute atomic E-state index is 12.2. The molecule has 3 unspecified atom stereocenters. The van der Waals surface area contributed by atoms with Crippen LogP contribution in [0.2, 0.25) is 0 Å². The van der Waals surface area contributed by atoms with E-state index >= 15 is 0 Å². The van der Waals surface area contributed by atoms with Gasteiger partial charge in [-0.1, -0.05) is 0 Å². The molecule has 0 saturated carbocycles. The SMILES string of the molecule is CSCCC(N)C(=O)NC(CC(N)=O)C(=O)NCC(=O)NC(CC(=O)O)C(=O)O. The average Bonchev–Trinajstić information content (AvgIpc) is 2.61. The number of nitrogens with one attached hydrogen (secondary N) is 3. The van der Waals surface area contributed by atoms with Gasteiger partial charge in [-0.05, 0) is 18.4 Å². The molecule has 14 heteroatoms. The fraction of sp³-hybridized carbons (Fsp3) is 0.600. The lowest BCUT2D eigenvalue weighted by molar-refractivity contribution is -0.147. The van der Waals surface area contributed by atoms with Gasteiger partial charge in [0, 0.05) is 0 Å². The zero-order valence-electron chi connectivity index (χ0n) is 15.7. The van der Waals surface area contributed by atoms with Gasteiger partial charge in [-0.15, -0.1) is 0 Å². The number of rotatable bonds is 14. The number of aliphatic carboxylic acids is 2. The highest BCUT2D eigenvalue weighted by Gasteiger charge is 2.27. The van der Waals surface area contributed by atoms with Crippen molar-refractivity contribution in [3.63, 3.8) is 0 Å². The van der Waals surface area contributed by atoms with Gasteiger partial charge in [-0.2, -0.15) is 11.8 Å². The Balaban J connectivity index is 4.82. The Morgan fingerprint density at radius 3 is 2.07 bits per heavy atom. The second kappa shape index (κ2) is 13.3. The first kappa shape index (κ1) is 26.1. The topological polar surface area (TPSA) is 231 Å². The molecule has 9 N–H and O–H groups in total. The Hall–Kier alpha value is -2.87. The van der Waals surface area contributed by atoms with E-state index < -0.39 is 73.1 Å². The van der Waals surface area contributed by atoms with E-state index in [4.69, 9.17) is 21.7 Å². The fourth-order valence-corrected chi connectivity index (χ4v) is 2.47. The molecule has 0 bridgehead atoms. The third-order valence-electron chi connectivity index (χ3n) is 3.44. The van der Waals surface area contributed by atoms with E-state index in [1.165, 1.54) is 11.8 Å². The summed E-state index contributed by atoms with van der Waals surface area (Å²) < 4.78 is 0. The predicted molar refractivity (Wildman–Crippen MR) is 102 cm³/mol. The van der Waals surface area contributed by atoms with Gasteiger partial charge in [0.1, 0.15) is 12.1 Å². The lowest BCUT2D eigenvalue weighted by atomic mass is 10.1. The second-order valence-electron chi connectivity index (χ2n) is 5.89. The normalized spacial score (nSPS) is 13.4. The molecular weight excluding hydrogens is 410 g/mol. The first-order valence-electron chi connectivity index (χ1n) is 8.32. The molecular formula is C15H25N5O8S. The number of thioether (sulfide) groups is 1. The van der Waals surface area contributed by atoms with Crippen LogP contribution in [0, 0.1) is 0 Å². The van der Waals surface area contributed by atoms with E-state index in [0.717, 1.165) is 0 Å². The summed E-state index contributed by atoms with van der Waals surface area (Å²) in [7, 11) is 0. The molecule has 0 saturated heterocycles. The minimum atomic E-state index is -1.69. The summed E-state index contributed by atoms with van der Waals surface area (Å²) in [6.07, 6.45) is 0.749. The van der Waals surface area contributed by atoms with Gasteiger partial charge >= 0.3 is 11.9 Å². The van der Waals surface area contributed by atoms with Crippen LogP contribution in [0.3, 0.4) is 0 Å². The molecule has 29 heavy (non-hydrogen) atoms. The summed E-state index contributed by atoms with van der Waals surface area (Å²) in [6.45, 7) is -0.716. The van der Waals surface area contributed by atoms with Crippen LogP contribution in [0.25, 0.3) is 0 Å². The van der Waals surface area contributed by atoms with E-state index in [1.807, 2.05) is 11.6 Å². The van der Waals surface area contributed by atoms with Gasteiger partial charge in [0.2, 0.25) is 23.6 Å². The zero-order chi connectivity index (χ0) is 22.6. The quantitative estimate of drug-likeness (QED) is 0.143. The molecule has 0 aliphatic heterocycles. The second-order valence-corrected chi connectivity index (χ2v) is 6.88. The standard InChI is InChI=1S/C15H25N5O8S/c1-29-3-2-7(16)13(25)20-8(4-10(17)21)14(26)18-6-11(22)19-9(15(27)28)5-12(23)24/h7-9H,2-6,16H2,1H3,(H2,17,21)(H,18,26)(H,19,22)(H,20,25)(H,23,24)(H,27,28). The molecule has 0 heterocycles. The number of carboxylic acid groups (broad SMARTS) is 2. The zero-order valence-corrected chi connectivity index (χ0v) is 16.5. The molecule has 0 spiro atoms. The van der Waals surface area contributed by atoms with Crippen molar-refractivity contribution >= 4 is 47.3 Å². The van der Waals surface area contributed by atoms with Gasteiger partial charge in [-0.3, -0.25) is 24.0 Å². The molecule has 0 rings (SSSR count). The number of carbonyl (C=O) groups excluding carboxylic acids is 4. The van der Waals surface area contributed by atoms with E-state index in [2.05, 4.69) is 10.6 Å². The smallest absolute Gasteiger partial charge is 0.326 e. The fourth-order valence-electron chi connectivity index (χ4n) is 1.98. The van der Waals surface area contributed by atoms with Crippen LogP contribution in [0.5, 0.6) is 0 Å². The van der Waals surface area contributed by atoms with Crippen LogP contribution in [0.1, 0.15) is 19.3 Å². The summed E-state index contributed by atoms with van der Waals surface area (Å²) in [5, 5.41) is 23.8. The van der Waals surface area contributed by atoms with Crippen molar-refractivity contribution in [1.82, 2.24) is 16.0 Å².